The van der Waals surface area contributed by atoms with E-state index in [-0.39, 0.29) is 24.1 Å². The van der Waals surface area contributed by atoms with Crippen molar-refractivity contribution in [1.29, 1.82) is 0 Å². The summed E-state index contributed by atoms with van der Waals surface area (Å²) in [5.74, 6) is -0.469. The van der Waals surface area contributed by atoms with Gasteiger partial charge in [-0.3, -0.25) is 9.59 Å². The third-order valence-electron chi connectivity index (χ3n) is 4.10. The lowest BCUT2D eigenvalue weighted by atomic mass is 10.0. The summed E-state index contributed by atoms with van der Waals surface area (Å²) in [5, 5.41) is 0. The van der Waals surface area contributed by atoms with Crippen molar-refractivity contribution in [2.45, 2.75) is 0 Å². The number of carbonyl (C=O) groups is 2. The van der Waals surface area contributed by atoms with Crippen LogP contribution in [0.2, 0.25) is 0 Å². The highest BCUT2D eigenvalue weighted by Crippen LogP contribution is 2.23. The molecule has 0 atom stereocenters. The average molecular weight is 363 g/mol. The van der Waals surface area contributed by atoms with Gasteiger partial charge in [0.2, 0.25) is 0 Å². The topological polar surface area (TPSA) is 46.6 Å². The number of hydrogen-bond donors (Lipinski definition) is 0. The normalized spacial score (nSPS) is 10.3. The van der Waals surface area contributed by atoms with Crippen molar-refractivity contribution in [3.63, 3.8) is 0 Å². The Morgan fingerprint density at radius 2 is 1.52 bits per heavy atom. The highest BCUT2D eigenvalue weighted by molar-refractivity contribution is 6.14. The second-order valence-electron chi connectivity index (χ2n) is 5.91. The van der Waals surface area contributed by atoms with Gasteiger partial charge in [-0.15, -0.1) is 0 Å². The van der Waals surface area contributed by atoms with Crippen LogP contribution >= 0.6 is 0 Å². The number of carbonyl (C=O) groups excluding carboxylic acids is 2. The fraction of sp³-hybridized carbons (Fsp3) is 0.0909. The Kier molecular flexibility index (Phi) is 5.61. The maximum Gasteiger partial charge on any atom is 0.264 e. The van der Waals surface area contributed by atoms with Crippen molar-refractivity contribution >= 4 is 17.4 Å². The fourth-order valence-corrected chi connectivity index (χ4v) is 2.61. The molecule has 3 aromatic carbocycles. The number of ether oxygens (including phenoxy) is 1. The minimum absolute atomic E-state index is 0.162. The van der Waals surface area contributed by atoms with E-state index in [1.807, 2.05) is 6.07 Å². The number of anilines is 1. The predicted molar refractivity (Wildman–Crippen MR) is 102 cm³/mol. The zero-order chi connectivity index (χ0) is 19.2. The molecule has 0 aliphatic heterocycles. The number of hydrogen-bond acceptors (Lipinski definition) is 3. The lowest BCUT2D eigenvalue weighted by Gasteiger charge is -2.20. The summed E-state index contributed by atoms with van der Waals surface area (Å²) in [5.41, 5.74) is 1.48. The number of ketones is 1. The first-order chi connectivity index (χ1) is 13.1. The number of nitrogens with zero attached hydrogens (tertiary/aromatic N) is 1. The number of halogens is 1. The lowest BCUT2D eigenvalue weighted by molar-refractivity contribution is -0.120. The standard InChI is InChI=1S/C22H18FNO3/c1-24(21(25)15-27-18-13-11-17(23)12-14-18)20-10-6-5-9-19(20)22(26)16-7-3-2-4-8-16/h2-14H,15H2,1H3. The fourth-order valence-electron chi connectivity index (χ4n) is 2.61. The van der Waals surface area contributed by atoms with Gasteiger partial charge in [0.15, 0.2) is 12.4 Å². The van der Waals surface area contributed by atoms with E-state index in [0.717, 1.165) is 0 Å². The van der Waals surface area contributed by atoms with Crippen LogP contribution in [0.5, 0.6) is 5.75 Å². The van der Waals surface area contributed by atoms with Gasteiger partial charge >= 0.3 is 0 Å². The van der Waals surface area contributed by atoms with Crippen LogP contribution in [-0.2, 0) is 4.79 Å². The molecule has 136 valence electrons. The van der Waals surface area contributed by atoms with Crippen LogP contribution in [0, 0.1) is 5.82 Å². The number of likely N-dealkylation sites (N-methyl/N-ethyl adjacent to an activating group) is 1. The Balaban J connectivity index is 1.76. The molecule has 0 bridgehead atoms. The predicted octanol–water partition coefficient (Wildman–Crippen LogP) is 4.10. The molecule has 0 N–H and O–H groups in total. The zero-order valence-corrected chi connectivity index (χ0v) is 14.8. The van der Waals surface area contributed by atoms with Gasteiger partial charge in [-0.2, -0.15) is 0 Å². The van der Waals surface area contributed by atoms with Crippen LogP contribution in [0.15, 0.2) is 78.9 Å². The first kappa shape index (κ1) is 18.3. The van der Waals surface area contributed by atoms with Gasteiger partial charge in [0.05, 0.1) is 5.69 Å². The van der Waals surface area contributed by atoms with Crippen LogP contribution in [0.4, 0.5) is 10.1 Å². The van der Waals surface area contributed by atoms with E-state index in [0.29, 0.717) is 22.6 Å². The summed E-state index contributed by atoms with van der Waals surface area (Å²) >= 11 is 0. The van der Waals surface area contributed by atoms with E-state index < -0.39 is 0 Å². The third kappa shape index (κ3) is 4.39. The molecular weight excluding hydrogens is 345 g/mol. The van der Waals surface area contributed by atoms with E-state index in [2.05, 4.69) is 0 Å². The quantitative estimate of drug-likeness (QED) is 0.620. The van der Waals surface area contributed by atoms with Crippen molar-refractivity contribution < 1.29 is 18.7 Å². The monoisotopic (exact) mass is 363 g/mol. The Bertz CT molecular complexity index is 939. The molecule has 5 heteroatoms. The van der Waals surface area contributed by atoms with E-state index in [1.54, 1.807) is 55.6 Å². The van der Waals surface area contributed by atoms with E-state index >= 15 is 0 Å². The van der Waals surface area contributed by atoms with Crippen LogP contribution in [0.25, 0.3) is 0 Å². The van der Waals surface area contributed by atoms with Gasteiger partial charge < -0.3 is 9.64 Å². The summed E-state index contributed by atoms with van der Waals surface area (Å²) in [6, 6.07) is 21.3. The largest absolute Gasteiger partial charge is 0.484 e. The minimum atomic E-state index is -0.376. The molecule has 27 heavy (non-hydrogen) atoms. The second kappa shape index (κ2) is 8.27. The van der Waals surface area contributed by atoms with Gasteiger partial charge in [-0.05, 0) is 36.4 Å². The number of rotatable bonds is 6. The summed E-state index contributed by atoms with van der Waals surface area (Å²) in [7, 11) is 1.59. The molecule has 3 aromatic rings. The van der Waals surface area contributed by atoms with Crippen molar-refractivity contribution in [3.05, 3.63) is 95.8 Å². The Morgan fingerprint density at radius 1 is 0.889 bits per heavy atom. The second-order valence-corrected chi connectivity index (χ2v) is 5.91. The van der Waals surface area contributed by atoms with E-state index in [1.165, 1.54) is 29.2 Å². The third-order valence-corrected chi connectivity index (χ3v) is 4.10. The van der Waals surface area contributed by atoms with Crippen molar-refractivity contribution in [2.75, 3.05) is 18.6 Å². The molecule has 0 aromatic heterocycles. The van der Waals surface area contributed by atoms with Gasteiger partial charge in [0.1, 0.15) is 11.6 Å². The Morgan fingerprint density at radius 3 is 2.22 bits per heavy atom. The van der Waals surface area contributed by atoms with Crippen LogP contribution in [-0.4, -0.2) is 25.3 Å². The first-order valence-electron chi connectivity index (χ1n) is 8.40. The molecule has 0 saturated heterocycles. The summed E-state index contributed by atoms with van der Waals surface area (Å²) in [4.78, 5) is 26.7. The molecule has 0 unspecified atom stereocenters. The molecule has 0 spiro atoms. The Hall–Kier alpha value is -3.47. The average Bonchev–Trinajstić information content (AvgIpc) is 2.72. The van der Waals surface area contributed by atoms with Gasteiger partial charge in [-0.25, -0.2) is 4.39 Å². The van der Waals surface area contributed by atoms with Crippen molar-refractivity contribution in [1.82, 2.24) is 0 Å². The van der Waals surface area contributed by atoms with E-state index in [4.69, 9.17) is 4.74 Å². The molecule has 1 amide bonds. The first-order valence-corrected chi connectivity index (χ1v) is 8.40. The van der Waals surface area contributed by atoms with Gasteiger partial charge in [-0.1, -0.05) is 42.5 Å². The van der Waals surface area contributed by atoms with Gasteiger partial charge in [0.25, 0.3) is 5.91 Å². The Labute approximate surface area is 156 Å². The molecule has 0 heterocycles. The highest BCUT2D eigenvalue weighted by Gasteiger charge is 2.19. The summed E-state index contributed by atoms with van der Waals surface area (Å²) in [6.07, 6.45) is 0. The molecule has 0 saturated carbocycles. The van der Waals surface area contributed by atoms with Gasteiger partial charge in [0, 0.05) is 18.2 Å². The lowest BCUT2D eigenvalue weighted by Crippen LogP contribution is -2.32. The summed E-state index contributed by atoms with van der Waals surface area (Å²) in [6.45, 7) is -0.226. The van der Waals surface area contributed by atoms with Crippen LogP contribution < -0.4 is 9.64 Å². The van der Waals surface area contributed by atoms with Crippen molar-refractivity contribution in [3.8, 4) is 5.75 Å². The molecule has 4 nitrogen and oxygen atoms in total. The molecule has 0 aliphatic rings. The SMILES string of the molecule is CN(C(=O)COc1ccc(F)cc1)c1ccccc1C(=O)c1ccccc1. The minimum Gasteiger partial charge on any atom is -0.484 e. The van der Waals surface area contributed by atoms with Crippen LogP contribution in [0.3, 0.4) is 0 Å². The number of amides is 1. The van der Waals surface area contributed by atoms with Crippen molar-refractivity contribution in [2.24, 2.45) is 0 Å². The zero-order valence-electron chi connectivity index (χ0n) is 14.8. The molecular formula is C22H18FNO3. The molecule has 0 radical (unpaired) electrons. The smallest absolute Gasteiger partial charge is 0.264 e. The van der Waals surface area contributed by atoms with Crippen LogP contribution in [0.1, 0.15) is 15.9 Å². The highest BCUT2D eigenvalue weighted by atomic mass is 19.1. The molecule has 0 aliphatic carbocycles. The number of benzene rings is 3. The summed E-state index contributed by atoms with van der Waals surface area (Å²) < 4.78 is 18.3. The number of para-hydroxylation sites is 1. The van der Waals surface area contributed by atoms with E-state index in [9.17, 15) is 14.0 Å². The molecule has 0 fully saturated rings. The maximum atomic E-state index is 12.9. The molecule has 3 rings (SSSR count). The maximum absolute atomic E-state index is 12.9.